The largest absolute Gasteiger partial charge is 0.391 e. The predicted molar refractivity (Wildman–Crippen MR) is 52.0 cm³/mol. The Balaban J connectivity index is 0. The molecule has 12 heavy (non-hydrogen) atoms. The fourth-order valence-corrected chi connectivity index (χ4v) is 1.06. The summed E-state index contributed by atoms with van der Waals surface area (Å²) < 4.78 is 0.531. The van der Waals surface area contributed by atoms with Crippen molar-refractivity contribution in [3.05, 3.63) is 0 Å². The molecule has 5 heteroatoms. The molecule has 0 aliphatic rings. The van der Waals surface area contributed by atoms with Gasteiger partial charge in [0.05, 0.1) is 35.3 Å². The molecule has 0 amide bonds. The number of rotatable bonds is 6. The number of quaternary nitrogens is 1. The third-order valence-electron chi connectivity index (χ3n) is 1.92. The van der Waals surface area contributed by atoms with Gasteiger partial charge in [-0.1, -0.05) is 0 Å². The van der Waals surface area contributed by atoms with Crippen molar-refractivity contribution in [1.29, 1.82) is 0 Å². The summed E-state index contributed by atoms with van der Waals surface area (Å²) >= 11 is 0. The maximum absolute atomic E-state index is 8.68. The lowest BCUT2D eigenvalue weighted by Crippen LogP contribution is -2.49. The maximum atomic E-state index is 8.68. The van der Waals surface area contributed by atoms with Gasteiger partial charge in [-0.2, -0.15) is 0 Å². The van der Waals surface area contributed by atoms with Gasteiger partial charge in [0, 0.05) is 0 Å². The van der Waals surface area contributed by atoms with Crippen molar-refractivity contribution < 1.29 is 19.8 Å². The molecule has 0 spiro atoms. The number of hydrogen-bond acceptors (Lipinski definition) is 3. The second-order valence-electron chi connectivity index (χ2n) is 2.96. The Morgan fingerprint density at radius 3 is 1.25 bits per heavy atom. The first-order chi connectivity index (χ1) is 5.18. The molecule has 0 aliphatic carbocycles. The van der Waals surface area contributed by atoms with E-state index in [2.05, 4.69) is 0 Å². The molecule has 74 valence electrons. The Hall–Kier alpha value is -0.0951. The molecule has 0 aromatic rings. The Kier molecular flexibility index (Phi) is 9.08. The Morgan fingerprint density at radius 2 is 1.08 bits per heavy atom. The minimum Gasteiger partial charge on any atom is -0.391 e. The van der Waals surface area contributed by atoms with Crippen molar-refractivity contribution >= 4 is 8.41 Å². The van der Waals surface area contributed by atoms with Crippen molar-refractivity contribution in [1.82, 2.24) is 0 Å². The maximum Gasteiger partial charge on any atom is 0.102 e. The van der Waals surface area contributed by atoms with Crippen LogP contribution in [0.4, 0.5) is 0 Å². The van der Waals surface area contributed by atoms with Crippen molar-refractivity contribution in [2.45, 2.75) is 0 Å². The Bertz CT molecular complexity index is 85.6. The molecule has 0 aromatic carbocycles. The quantitative estimate of drug-likeness (QED) is 0.304. The van der Waals surface area contributed by atoms with E-state index >= 15 is 0 Å². The highest BCUT2D eigenvalue weighted by atomic mass is 16.3. The molecular formula is C7H21BNO3+. The fraction of sp³-hybridized carbons (Fsp3) is 1.00. The van der Waals surface area contributed by atoms with Crippen molar-refractivity contribution in [2.24, 2.45) is 0 Å². The third kappa shape index (κ3) is 5.54. The minimum absolute atomic E-state index is 0. The zero-order valence-electron chi connectivity index (χ0n) is 7.03. The highest BCUT2D eigenvalue weighted by molar-refractivity contribution is 5.75. The normalized spacial score (nSPS) is 11.0. The molecule has 0 rings (SSSR count). The lowest BCUT2D eigenvalue weighted by Gasteiger charge is -2.32. The van der Waals surface area contributed by atoms with E-state index in [-0.39, 0.29) is 28.2 Å². The number of nitrogens with zero attached hydrogens (tertiary/aromatic N) is 1. The van der Waals surface area contributed by atoms with Crippen LogP contribution in [0.25, 0.3) is 0 Å². The topological polar surface area (TPSA) is 60.7 Å². The first-order valence-corrected chi connectivity index (χ1v) is 3.84. The van der Waals surface area contributed by atoms with Crippen LogP contribution in [0.15, 0.2) is 0 Å². The molecule has 3 N–H and O–H groups in total. The molecule has 0 saturated carbocycles. The van der Waals surface area contributed by atoms with Crippen LogP contribution in [0, 0.1) is 0 Å². The summed E-state index contributed by atoms with van der Waals surface area (Å²) in [6.07, 6.45) is 0. The van der Waals surface area contributed by atoms with Gasteiger partial charge in [-0.05, 0) is 0 Å². The second-order valence-corrected chi connectivity index (χ2v) is 2.96. The van der Waals surface area contributed by atoms with Crippen LogP contribution < -0.4 is 0 Å². The van der Waals surface area contributed by atoms with Crippen LogP contribution in [0.5, 0.6) is 0 Å². The molecule has 4 nitrogen and oxygen atoms in total. The van der Waals surface area contributed by atoms with Crippen molar-refractivity contribution in [3.8, 4) is 0 Å². The summed E-state index contributed by atoms with van der Waals surface area (Å²) in [5.74, 6) is 0. The zero-order valence-corrected chi connectivity index (χ0v) is 7.03. The SMILES string of the molecule is B.C[N+](CCO)(CCO)CCO. The monoisotopic (exact) mass is 178 g/mol. The van der Waals surface area contributed by atoms with Gasteiger partial charge < -0.3 is 19.8 Å². The summed E-state index contributed by atoms with van der Waals surface area (Å²) in [5.41, 5.74) is 0. The van der Waals surface area contributed by atoms with Gasteiger partial charge in [-0.3, -0.25) is 0 Å². The van der Waals surface area contributed by atoms with Gasteiger partial charge in [0.25, 0.3) is 0 Å². The van der Waals surface area contributed by atoms with Gasteiger partial charge in [-0.15, -0.1) is 0 Å². The van der Waals surface area contributed by atoms with Crippen LogP contribution in [0.2, 0.25) is 0 Å². The molecule has 0 unspecified atom stereocenters. The van der Waals surface area contributed by atoms with E-state index in [1.165, 1.54) is 0 Å². The molecule has 0 saturated heterocycles. The molecule has 0 bridgehead atoms. The van der Waals surface area contributed by atoms with Gasteiger partial charge in [-0.25, -0.2) is 0 Å². The van der Waals surface area contributed by atoms with Gasteiger partial charge in [0.1, 0.15) is 19.6 Å². The Morgan fingerprint density at radius 1 is 0.833 bits per heavy atom. The van der Waals surface area contributed by atoms with E-state index in [9.17, 15) is 0 Å². The number of hydrogen-bond donors (Lipinski definition) is 3. The summed E-state index contributed by atoms with van der Waals surface area (Å²) in [4.78, 5) is 0. The van der Waals surface area contributed by atoms with Crippen LogP contribution in [-0.4, -0.2) is 74.7 Å². The van der Waals surface area contributed by atoms with Crippen LogP contribution in [-0.2, 0) is 0 Å². The molecule has 0 radical (unpaired) electrons. The van der Waals surface area contributed by atoms with Gasteiger partial charge >= 0.3 is 0 Å². The lowest BCUT2D eigenvalue weighted by atomic mass is 10.4. The van der Waals surface area contributed by atoms with E-state index in [1.54, 1.807) is 0 Å². The van der Waals surface area contributed by atoms with Crippen LogP contribution >= 0.6 is 0 Å². The molecule has 0 fully saturated rings. The average Bonchev–Trinajstić information content (AvgIpc) is 1.88. The lowest BCUT2D eigenvalue weighted by molar-refractivity contribution is -0.910. The van der Waals surface area contributed by atoms with E-state index in [0.717, 1.165) is 0 Å². The smallest absolute Gasteiger partial charge is 0.102 e. The molecule has 0 heterocycles. The summed E-state index contributed by atoms with van der Waals surface area (Å²) in [5, 5.41) is 26.0. The third-order valence-corrected chi connectivity index (χ3v) is 1.92. The first kappa shape index (κ1) is 14.4. The average molecular weight is 178 g/mol. The summed E-state index contributed by atoms with van der Waals surface area (Å²) in [6, 6.07) is 0. The number of likely N-dealkylation sites (N-methyl/N-ethyl adjacent to an activating group) is 1. The van der Waals surface area contributed by atoms with E-state index < -0.39 is 0 Å². The van der Waals surface area contributed by atoms with Crippen LogP contribution in [0.3, 0.4) is 0 Å². The minimum atomic E-state index is 0. The molecular weight excluding hydrogens is 157 g/mol. The summed E-state index contributed by atoms with van der Waals surface area (Å²) in [6.45, 7) is 2.03. The molecule has 0 aromatic heterocycles. The standard InChI is InChI=1S/C7H18NO3.BH3/c1-8(2-5-9,3-6-10)4-7-11;/h9-11H,2-7H2,1H3;1H3/q+1;. The number of aliphatic hydroxyl groups excluding tert-OH is 3. The second kappa shape index (κ2) is 7.55. The highest BCUT2D eigenvalue weighted by Crippen LogP contribution is 1.99. The van der Waals surface area contributed by atoms with Gasteiger partial charge in [0.2, 0.25) is 0 Å². The van der Waals surface area contributed by atoms with E-state index in [0.29, 0.717) is 24.1 Å². The van der Waals surface area contributed by atoms with Crippen molar-refractivity contribution in [2.75, 3.05) is 46.5 Å². The van der Waals surface area contributed by atoms with Crippen molar-refractivity contribution in [3.63, 3.8) is 0 Å². The predicted octanol–water partition coefficient (Wildman–Crippen LogP) is -2.77. The van der Waals surface area contributed by atoms with Gasteiger partial charge in [0.15, 0.2) is 0 Å². The summed E-state index contributed by atoms with van der Waals surface area (Å²) in [7, 11) is 1.91. The number of aliphatic hydroxyl groups is 3. The van der Waals surface area contributed by atoms with E-state index in [4.69, 9.17) is 15.3 Å². The zero-order chi connectivity index (χ0) is 8.74. The Labute approximate surface area is 75.6 Å². The first-order valence-electron chi connectivity index (χ1n) is 3.84. The molecule has 0 atom stereocenters. The highest BCUT2D eigenvalue weighted by Gasteiger charge is 2.18. The molecule has 0 aliphatic heterocycles. The fourth-order valence-electron chi connectivity index (χ4n) is 1.06. The van der Waals surface area contributed by atoms with Crippen LogP contribution in [0.1, 0.15) is 0 Å². The van der Waals surface area contributed by atoms with E-state index in [1.807, 2.05) is 7.05 Å².